The number of nitrogens with one attached hydrogen (secondary N) is 2. The molecule has 0 unspecified atom stereocenters. The summed E-state index contributed by atoms with van der Waals surface area (Å²) in [6.45, 7) is 0. The molecule has 0 aliphatic carbocycles. The largest absolute Gasteiger partial charge is 0.478 e. The van der Waals surface area contributed by atoms with E-state index in [1.807, 2.05) is 0 Å². The van der Waals surface area contributed by atoms with Crippen molar-refractivity contribution in [1.29, 1.82) is 0 Å². The van der Waals surface area contributed by atoms with Gasteiger partial charge in [-0.1, -0.05) is 11.6 Å². The van der Waals surface area contributed by atoms with Crippen molar-refractivity contribution in [2.24, 2.45) is 0 Å². The van der Waals surface area contributed by atoms with Crippen molar-refractivity contribution in [3.63, 3.8) is 0 Å². The summed E-state index contributed by atoms with van der Waals surface area (Å²) in [5.41, 5.74) is 0.487. The van der Waals surface area contributed by atoms with E-state index in [0.717, 1.165) is 12.1 Å². The zero-order valence-electron chi connectivity index (χ0n) is 11.5. The fraction of sp³-hybridized carbons (Fsp3) is 0. The standard InChI is InChI=1S/C15H10ClFN2O3S/c16-11-6-3-9(14(21)22)7-12(11)18-15(23)19-13(20)8-1-4-10(17)5-2-8/h1-7H,(H,21,22)(H2,18,19,20,23). The molecule has 0 atom stereocenters. The van der Waals surface area contributed by atoms with E-state index in [1.54, 1.807) is 0 Å². The molecule has 5 nitrogen and oxygen atoms in total. The Hall–Kier alpha value is -2.51. The third-order valence-corrected chi connectivity index (χ3v) is 3.33. The topological polar surface area (TPSA) is 78.4 Å². The number of rotatable bonds is 3. The van der Waals surface area contributed by atoms with Gasteiger partial charge in [0.1, 0.15) is 5.82 Å². The SMILES string of the molecule is O=C(O)c1ccc(Cl)c(NC(=S)NC(=O)c2ccc(F)cc2)c1. The molecule has 0 aliphatic rings. The second-order valence-corrected chi connectivity index (χ2v) is 5.23. The van der Waals surface area contributed by atoms with Crippen LogP contribution in [0.25, 0.3) is 0 Å². The number of carbonyl (C=O) groups excluding carboxylic acids is 1. The quantitative estimate of drug-likeness (QED) is 0.739. The average Bonchev–Trinajstić information content (AvgIpc) is 2.49. The number of carbonyl (C=O) groups is 2. The molecule has 2 aromatic rings. The van der Waals surface area contributed by atoms with Crippen molar-refractivity contribution >= 4 is 46.5 Å². The number of amides is 1. The summed E-state index contributed by atoms with van der Waals surface area (Å²) in [6.07, 6.45) is 0. The van der Waals surface area contributed by atoms with E-state index in [1.165, 1.54) is 30.3 Å². The minimum absolute atomic E-state index is 0.0181. The number of halogens is 2. The predicted molar refractivity (Wildman–Crippen MR) is 88.5 cm³/mol. The molecule has 0 bridgehead atoms. The number of hydrogen-bond acceptors (Lipinski definition) is 3. The van der Waals surface area contributed by atoms with Crippen molar-refractivity contribution in [3.8, 4) is 0 Å². The van der Waals surface area contributed by atoms with E-state index >= 15 is 0 Å². The molecule has 0 saturated heterocycles. The van der Waals surface area contributed by atoms with Crippen LogP contribution < -0.4 is 10.6 Å². The second kappa shape index (κ2) is 7.17. The highest BCUT2D eigenvalue weighted by atomic mass is 35.5. The van der Waals surface area contributed by atoms with Crippen molar-refractivity contribution in [3.05, 3.63) is 64.4 Å². The normalized spacial score (nSPS) is 10.0. The van der Waals surface area contributed by atoms with Gasteiger partial charge >= 0.3 is 5.97 Å². The molecule has 8 heteroatoms. The molecular formula is C15H10ClFN2O3S. The molecule has 0 aromatic heterocycles. The van der Waals surface area contributed by atoms with Crippen LogP contribution in [0.2, 0.25) is 5.02 Å². The summed E-state index contributed by atoms with van der Waals surface area (Å²) in [5, 5.41) is 14.2. The van der Waals surface area contributed by atoms with Crippen molar-refractivity contribution in [2.75, 3.05) is 5.32 Å². The van der Waals surface area contributed by atoms with Gasteiger partial charge in [-0.2, -0.15) is 0 Å². The Balaban J connectivity index is 2.07. The summed E-state index contributed by atoms with van der Waals surface area (Å²) in [5.74, 6) is -2.11. The summed E-state index contributed by atoms with van der Waals surface area (Å²) >= 11 is 10.9. The Bertz CT molecular complexity index is 781. The van der Waals surface area contributed by atoms with Gasteiger partial charge in [-0.3, -0.25) is 10.1 Å². The third kappa shape index (κ3) is 4.48. The first-order valence-corrected chi connectivity index (χ1v) is 7.06. The average molecular weight is 353 g/mol. The van der Waals surface area contributed by atoms with Gasteiger partial charge in [0.2, 0.25) is 0 Å². The number of benzene rings is 2. The Morgan fingerprint density at radius 3 is 2.30 bits per heavy atom. The first-order chi connectivity index (χ1) is 10.9. The van der Waals surface area contributed by atoms with E-state index in [9.17, 15) is 14.0 Å². The van der Waals surface area contributed by atoms with Gasteiger partial charge in [0, 0.05) is 5.56 Å². The molecule has 3 N–H and O–H groups in total. The van der Waals surface area contributed by atoms with Crippen LogP contribution in [0, 0.1) is 5.82 Å². The van der Waals surface area contributed by atoms with Crippen LogP contribution in [0.5, 0.6) is 0 Å². The fourth-order valence-electron chi connectivity index (χ4n) is 1.68. The molecule has 0 radical (unpaired) electrons. The zero-order valence-corrected chi connectivity index (χ0v) is 13.0. The lowest BCUT2D eigenvalue weighted by atomic mass is 10.2. The number of thiocarbonyl (C=S) groups is 1. The minimum atomic E-state index is -1.12. The molecule has 0 saturated carbocycles. The van der Waals surface area contributed by atoms with Gasteiger partial charge in [0.15, 0.2) is 5.11 Å². The van der Waals surface area contributed by atoms with Crippen molar-refractivity contribution < 1.29 is 19.1 Å². The molecular weight excluding hydrogens is 343 g/mol. The van der Waals surface area contributed by atoms with Crippen LogP contribution in [0.4, 0.5) is 10.1 Å². The lowest BCUT2D eigenvalue weighted by Crippen LogP contribution is -2.34. The highest BCUT2D eigenvalue weighted by Gasteiger charge is 2.11. The van der Waals surface area contributed by atoms with Crippen LogP contribution in [0.1, 0.15) is 20.7 Å². The summed E-state index contributed by atoms with van der Waals surface area (Å²) in [4.78, 5) is 22.9. The van der Waals surface area contributed by atoms with E-state index in [4.69, 9.17) is 28.9 Å². The van der Waals surface area contributed by atoms with Crippen LogP contribution in [-0.2, 0) is 0 Å². The number of aromatic carboxylic acids is 1. The summed E-state index contributed by atoms with van der Waals surface area (Å²) < 4.78 is 12.8. The lowest BCUT2D eigenvalue weighted by Gasteiger charge is -2.11. The van der Waals surface area contributed by atoms with E-state index in [0.29, 0.717) is 0 Å². The zero-order chi connectivity index (χ0) is 17.0. The molecule has 0 heterocycles. The predicted octanol–water partition coefficient (Wildman–Crippen LogP) is 3.30. The van der Waals surface area contributed by atoms with Gasteiger partial charge in [0.05, 0.1) is 16.3 Å². The maximum absolute atomic E-state index is 12.8. The maximum atomic E-state index is 12.8. The fourth-order valence-corrected chi connectivity index (χ4v) is 2.05. The van der Waals surface area contributed by atoms with Gasteiger partial charge in [-0.25, -0.2) is 9.18 Å². The Kier molecular flexibility index (Phi) is 5.25. The number of carboxylic acids is 1. The highest BCUT2D eigenvalue weighted by molar-refractivity contribution is 7.80. The number of anilines is 1. The minimum Gasteiger partial charge on any atom is -0.478 e. The molecule has 2 aromatic carbocycles. The molecule has 2 rings (SSSR count). The second-order valence-electron chi connectivity index (χ2n) is 4.41. The first-order valence-electron chi connectivity index (χ1n) is 6.27. The summed E-state index contributed by atoms with van der Waals surface area (Å²) in [7, 11) is 0. The van der Waals surface area contributed by atoms with Crippen molar-refractivity contribution in [2.45, 2.75) is 0 Å². The Labute approximate surface area is 141 Å². The van der Waals surface area contributed by atoms with Gasteiger partial charge in [0.25, 0.3) is 5.91 Å². The first kappa shape index (κ1) is 16.9. The molecule has 0 spiro atoms. The molecule has 0 fully saturated rings. The number of hydrogen-bond donors (Lipinski definition) is 3. The van der Waals surface area contributed by atoms with E-state index < -0.39 is 17.7 Å². The monoisotopic (exact) mass is 352 g/mol. The van der Waals surface area contributed by atoms with Crippen molar-refractivity contribution in [1.82, 2.24) is 5.32 Å². The van der Waals surface area contributed by atoms with E-state index in [-0.39, 0.29) is 26.9 Å². The molecule has 0 aliphatic heterocycles. The highest BCUT2D eigenvalue weighted by Crippen LogP contribution is 2.23. The van der Waals surface area contributed by atoms with Crippen LogP contribution in [0.3, 0.4) is 0 Å². The maximum Gasteiger partial charge on any atom is 0.335 e. The van der Waals surface area contributed by atoms with E-state index in [2.05, 4.69) is 10.6 Å². The Morgan fingerprint density at radius 1 is 1.09 bits per heavy atom. The summed E-state index contributed by atoms with van der Waals surface area (Å²) in [6, 6.07) is 8.96. The Morgan fingerprint density at radius 2 is 1.70 bits per heavy atom. The van der Waals surface area contributed by atoms with Gasteiger partial charge in [-0.05, 0) is 54.7 Å². The lowest BCUT2D eigenvalue weighted by molar-refractivity contribution is 0.0696. The molecule has 1 amide bonds. The van der Waals surface area contributed by atoms with Crippen LogP contribution >= 0.6 is 23.8 Å². The van der Waals surface area contributed by atoms with Gasteiger partial charge < -0.3 is 10.4 Å². The molecule has 118 valence electrons. The van der Waals surface area contributed by atoms with Crippen LogP contribution in [-0.4, -0.2) is 22.1 Å². The number of carboxylic acid groups (broad SMARTS) is 1. The molecule has 23 heavy (non-hydrogen) atoms. The third-order valence-electron chi connectivity index (χ3n) is 2.79. The van der Waals surface area contributed by atoms with Crippen LogP contribution in [0.15, 0.2) is 42.5 Å². The van der Waals surface area contributed by atoms with Gasteiger partial charge in [-0.15, -0.1) is 0 Å². The smallest absolute Gasteiger partial charge is 0.335 e.